The van der Waals surface area contributed by atoms with Crippen molar-refractivity contribution in [2.75, 3.05) is 26.1 Å². The Balaban J connectivity index is 2.06. The average molecular weight is 406 g/mol. The molecule has 0 aromatic heterocycles. The van der Waals surface area contributed by atoms with Crippen molar-refractivity contribution < 1.29 is 27.5 Å². The average Bonchev–Trinajstić information content (AvgIpc) is 2.67. The SMILES string of the molecule is COC[C@H](C)NS(=O)(=O)c1ccc(C(=O)Nc2ccc(C(=O)OC)cc2)cc1. The first kappa shape index (κ1) is 21.5. The van der Waals surface area contributed by atoms with Crippen molar-refractivity contribution in [2.24, 2.45) is 0 Å². The molecule has 150 valence electrons. The van der Waals surface area contributed by atoms with Crippen molar-refractivity contribution in [2.45, 2.75) is 17.9 Å². The van der Waals surface area contributed by atoms with Crippen LogP contribution >= 0.6 is 0 Å². The molecule has 0 fully saturated rings. The summed E-state index contributed by atoms with van der Waals surface area (Å²) in [5.41, 5.74) is 1.15. The van der Waals surface area contributed by atoms with E-state index in [0.717, 1.165) is 0 Å². The lowest BCUT2D eigenvalue weighted by molar-refractivity contribution is 0.0600. The van der Waals surface area contributed by atoms with Gasteiger partial charge in [0, 0.05) is 24.4 Å². The minimum absolute atomic E-state index is 0.0504. The van der Waals surface area contributed by atoms with Gasteiger partial charge in [0.25, 0.3) is 5.91 Å². The van der Waals surface area contributed by atoms with Crippen LogP contribution in [-0.2, 0) is 19.5 Å². The summed E-state index contributed by atoms with van der Waals surface area (Å²) in [6.07, 6.45) is 0. The molecule has 0 aliphatic rings. The van der Waals surface area contributed by atoms with E-state index in [4.69, 9.17) is 4.74 Å². The molecule has 0 saturated carbocycles. The number of ether oxygens (including phenoxy) is 2. The minimum atomic E-state index is -3.70. The molecule has 0 heterocycles. The summed E-state index contributed by atoms with van der Waals surface area (Å²) in [7, 11) is -0.929. The van der Waals surface area contributed by atoms with Crippen LogP contribution in [0.25, 0.3) is 0 Å². The summed E-state index contributed by atoms with van der Waals surface area (Å²) in [6.45, 7) is 1.93. The summed E-state index contributed by atoms with van der Waals surface area (Å²) in [6, 6.07) is 11.4. The first-order valence-electron chi connectivity index (χ1n) is 8.38. The number of carbonyl (C=O) groups excluding carboxylic acids is 2. The van der Waals surface area contributed by atoms with E-state index in [-0.39, 0.29) is 17.5 Å². The third-order valence-electron chi connectivity index (χ3n) is 3.76. The quantitative estimate of drug-likeness (QED) is 0.649. The number of benzene rings is 2. The minimum Gasteiger partial charge on any atom is -0.465 e. The molecule has 1 atom stereocenters. The highest BCUT2D eigenvalue weighted by Gasteiger charge is 2.18. The summed E-state index contributed by atoms with van der Waals surface area (Å²) in [4.78, 5) is 23.8. The van der Waals surface area contributed by atoms with Gasteiger partial charge >= 0.3 is 5.97 Å². The van der Waals surface area contributed by atoms with E-state index in [1.807, 2.05) is 0 Å². The Bertz CT molecular complexity index is 924. The summed E-state index contributed by atoms with van der Waals surface area (Å²) in [5.74, 6) is -0.876. The van der Waals surface area contributed by atoms with Crippen LogP contribution in [0.1, 0.15) is 27.6 Å². The van der Waals surface area contributed by atoms with E-state index >= 15 is 0 Å². The summed E-state index contributed by atoms with van der Waals surface area (Å²) < 4.78 is 36.6. The molecule has 2 rings (SSSR count). The zero-order valence-corrected chi connectivity index (χ0v) is 16.6. The smallest absolute Gasteiger partial charge is 0.337 e. The topological polar surface area (TPSA) is 111 Å². The molecule has 8 nitrogen and oxygen atoms in total. The second kappa shape index (κ2) is 9.45. The zero-order chi connectivity index (χ0) is 20.7. The normalized spacial score (nSPS) is 12.2. The van der Waals surface area contributed by atoms with E-state index in [1.165, 1.54) is 50.6 Å². The third-order valence-corrected chi connectivity index (χ3v) is 5.37. The number of esters is 1. The van der Waals surface area contributed by atoms with Gasteiger partial charge in [-0.25, -0.2) is 17.9 Å². The molecule has 0 unspecified atom stereocenters. The maximum Gasteiger partial charge on any atom is 0.337 e. The molecule has 2 N–H and O–H groups in total. The Labute approximate surface area is 163 Å². The summed E-state index contributed by atoms with van der Waals surface area (Å²) >= 11 is 0. The van der Waals surface area contributed by atoms with Crippen LogP contribution in [0, 0.1) is 0 Å². The third kappa shape index (κ3) is 5.62. The van der Waals surface area contributed by atoms with E-state index in [9.17, 15) is 18.0 Å². The molecule has 28 heavy (non-hydrogen) atoms. The Morgan fingerprint density at radius 2 is 1.54 bits per heavy atom. The molecule has 0 saturated heterocycles. The van der Waals surface area contributed by atoms with Gasteiger partial charge in [0.2, 0.25) is 10.0 Å². The molecule has 2 aromatic rings. The highest BCUT2D eigenvalue weighted by atomic mass is 32.2. The molecular weight excluding hydrogens is 384 g/mol. The van der Waals surface area contributed by atoms with Crippen molar-refractivity contribution in [1.82, 2.24) is 4.72 Å². The number of hydrogen-bond donors (Lipinski definition) is 2. The lowest BCUT2D eigenvalue weighted by Crippen LogP contribution is -2.35. The van der Waals surface area contributed by atoms with Gasteiger partial charge in [-0.05, 0) is 55.5 Å². The molecule has 1 amide bonds. The van der Waals surface area contributed by atoms with Crippen molar-refractivity contribution in [3.05, 3.63) is 59.7 Å². The van der Waals surface area contributed by atoms with Crippen LogP contribution in [-0.4, -0.2) is 47.2 Å². The molecule has 0 aliphatic carbocycles. The number of carbonyl (C=O) groups is 2. The second-order valence-corrected chi connectivity index (χ2v) is 7.74. The monoisotopic (exact) mass is 406 g/mol. The van der Waals surface area contributed by atoms with Gasteiger partial charge in [-0.15, -0.1) is 0 Å². The number of amides is 1. The van der Waals surface area contributed by atoms with Gasteiger partial charge in [0.05, 0.1) is 24.2 Å². The van der Waals surface area contributed by atoms with Crippen LogP contribution < -0.4 is 10.0 Å². The highest BCUT2D eigenvalue weighted by molar-refractivity contribution is 7.89. The van der Waals surface area contributed by atoms with E-state index in [0.29, 0.717) is 16.8 Å². The number of anilines is 1. The molecule has 0 spiro atoms. The molecule has 0 aliphatic heterocycles. The van der Waals surface area contributed by atoms with Crippen molar-refractivity contribution in [3.63, 3.8) is 0 Å². The maximum atomic E-state index is 12.3. The number of rotatable bonds is 8. The van der Waals surface area contributed by atoms with Crippen molar-refractivity contribution in [1.29, 1.82) is 0 Å². The fraction of sp³-hybridized carbons (Fsp3) is 0.263. The van der Waals surface area contributed by atoms with Crippen LogP contribution in [0.4, 0.5) is 5.69 Å². The van der Waals surface area contributed by atoms with E-state index in [1.54, 1.807) is 19.1 Å². The van der Waals surface area contributed by atoms with Gasteiger partial charge < -0.3 is 14.8 Å². The van der Waals surface area contributed by atoms with Gasteiger partial charge in [0.15, 0.2) is 0 Å². The number of hydrogen-bond acceptors (Lipinski definition) is 6. The van der Waals surface area contributed by atoms with Crippen molar-refractivity contribution >= 4 is 27.6 Å². The highest BCUT2D eigenvalue weighted by Crippen LogP contribution is 2.15. The van der Waals surface area contributed by atoms with Crippen LogP contribution in [0.2, 0.25) is 0 Å². The van der Waals surface area contributed by atoms with Crippen LogP contribution in [0.5, 0.6) is 0 Å². The standard InChI is InChI=1S/C19H22N2O6S/c1-13(12-26-2)21-28(24,25)17-10-6-14(7-11-17)18(22)20-16-8-4-15(5-9-16)19(23)27-3/h4-11,13,21H,12H2,1-3H3,(H,20,22)/t13-/m0/s1. The second-order valence-electron chi connectivity index (χ2n) is 6.03. The number of methoxy groups -OCH3 is 2. The van der Waals surface area contributed by atoms with E-state index in [2.05, 4.69) is 14.8 Å². The lowest BCUT2D eigenvalue weighted by Gasteiger charge is -2.13. The Kier molecular flexibility index (Phi) is 7.27. The fourth-order valence-corrected chi connectivity index (χ4v) is 3.64. The molecule has 9 heteroatoms. The Hall–Kier alpha value is -2.75. The first-order valence-corrected chi connectivity index (χ1v) is 9.86. The predicted octanol–water partition coefficient (Wildman–Crippen LogP) is 2.04. The largest absolute Gasteiger partial charge is 0.465 e. The van der Waals surface area contributed by atoms with Gasteiger partial charge in [0.1, 0.15) is 0 Å². The number of nitrogens with one attached hydrogen (secondary N) is 2. The van der Waals surface area contributed by atoms with Crippen molar-refractivity contribution in [3.8, 4) is 0 Å². The molecule has 0 radical (unpaired) electrons. The predicted molar refractivity (Wildman–Crippen MR) is 104 cm³/mol. The molecule has 2 aromatic carbocycles. The van der Waals surface area contributed by atoms with Crippen LogP contribution in [0.3, 0.4) is 0 Å². The van der Waals surface area contributed by atoms with Gasteiger partial charge in [-0.1, -0.05) is 0 Å². The first-order chi connectivity index (χ1) is 13.3. The number of sulfonamides is 1. The van der Waals surface area contributed by atoms with Crippen LogP contribution in [0.15, 0.2) is 53.4 Å². The zero-order valence-electron chi connectivity index (χ0n) is 15.8. The van der Waals surface area contributed by atoms with E-state index < -0.39 is 21.9 Å². The summed E-state index contributed by atoms with van der Waals surface area (Å²) in [5, 5.41) is 2.68. The Morgan fingerprint density at radius 3 is 2.07 bits per heavy atom. The fourth-order valence-electron chi connectivity index (χ4n) is 2.41. The lowest BCUT2D eigenvalue weighted by atomic mass is 10.2. The van der Waals surface area contributed by atoms with Gasteiger partial charge in [-0.3, -0.25) is 4.79 Å². The maximum absolute atomic E-state index is 12.3. The molecular formula is C19H22N2O6S. The van der Waals surface area contributed by atoms with Gasteiger partial charge in [-0.2, -0.15) is 0 Å². The molecule has 0 bridgehead atoms. The Morgan fingerprint density at radius 1 is 0.964 bits per heavy atom.